The van der Waals surface area contributed by atoms with Gasteiger partial charge in [-0.15, -0.1) is 0 Å². The first-order valence-electron chi connectivity index (χ1n) is 13.4. The van der Waals surface area contributed by atoms with E-state index in [1.54, 1.807) is 54.6 Å². The van der Waals surface area contributed by atoms with Gasteiger partial charge < -0.3 is 23.7 Å². The maximum absolute atomic E-state index is 13.2. The van der Waals surface area contributed by atoms with Crippen LogP contribution in [0.5, 0.6) is 0 Å². The lowest BCUT2D eigenvalue weighted by molar-refractivity contribution is -0.246. The molecule has 40 heavy (non-hydrogen) atoms. The average Bonchev–Trinajstić information content (AvgIpc) is 2.98. The first-order chi connectivity index (χ1) is 19.5. The summed E-state index contributed by atoms with van der Waals surface area (Å²) < 4.78 is 30.1. The largest absolute Gasteiger partial charge is 0.463 e. The van der Waals surface area contributed by atoms with Gasteiger partial charge in [-0.3, -0.25) is 4.79 Å². The van der Waals surface area contributed by atoms with E-state index in [9.17, 15) is 14.4 Å². The van der Waals surface area contributed by atoms with Crippen LogP contribution in [0.15, 0.2) is 91.0 Å². The van der Waals surface area contributed by atoms with Gasteiger partial charge in [-0.2, -0.15) is 0 Å². The molecular weight excluding hydrogens is 512 g/mol. The number of hydrogen-bond acceptors (Lipinski definition) is 8. The molecule has 0 saturated carbocycles. The molecule has 1 aliphatic rings. The Bertz CT molecular complexity index is 1230. The maximum atomic E-state index is 13.2. The monoisotopic (exact) mass is 546 g/mol. The quantitative estimate of drug-likeness (QED) is 0.241. The van der Waals surface area contributed by atoms with Gasteiger partial charge in [0.05, 0.1) is 23.8 Å². The minimum absolute atomic E-state index is 0.160. The van der Waals surface area contributed by atoms with Crippen molar-refractivity contribution in [1.82, 2.24) is 0 Å². The molecule has 3 aromatic carbocycles. The third kappa shape index (κ3) is 7.77. The summed E-state index contributed by atoms with van der Waals surface area (Å²) in [6.07, 6.45) is -3.04. The van der Waals surface area contributed by atoms with Crippen molar-refractivity contribution in [1.29, 1.82) is 0 Å². The first kappa shape index (κ1) is 29.0. The molecule has 8 nitrogen and oxygen atoms in total. The van der Waals surface area contributed by atoms with E-state index in [4.69, 9.17) is 23.7 Å². The molecule has 8 heteroatoms. The average molecular weight is 547 g/mol. The number of carbonyl (C=O) groups excluding carboxylic acids is 3. The third-order valence-electron chi connectivity index (χ3n) is 6.54. The number of rotatable bonds is 11. The Balaban J connectivity index is 1.70. The number of benzene rings is 3. The summed E-state index contributed by atoms with van der Waals surface area (Å²) in [5.74, 6) is -1.64. The summed E-state index contributed by atoms with van der Waals surface area (Å²) in [4.78, 5) is 38.2. The van der Waals surface area contributed by atoms with Crippen LogP contribution < -0.4 is 0 Å². The molecule has 210 valence electrons. The van der Waals surface area contributed by atoms with E-state index in [-0.39, 0.29) is 13.2 Å². The van der Waals surface area contributed by atoms with Crippen molar-refractivity contribution in [2.24, 2.45) is 0 Å². The molecule has 0 radical (unpaired) electrons. The summed E-state index contributed by atoms with van der Waals surface area (Å²) >= 11 is 0. The Kier molecular flexibility index (Phi) is 10.4. The highest BCUT2D eigenvalue weighted by Gasteiger charge is 2.51. The van der Waals surface area contributed by atoms with E-state index in [2.05, 4.69) is 0 Å². The fourth-order valence-electron chi connectivity index (χ4n) is 4.61. The van der Waals surface area contributed by atoms with Crippen molar-refractivity contribution in [2.45, 2.75) is 63.8 Å². The summed E-state index contributed by atoms with van der Waals surface area (Å²) in [5, 5.41) is 0. The van der Waals surface area contributed by atoms with E-state index in [1.807, 2.05) is 43.3 Å². The van der Waals surface area contributed by atoms with Gasteiger partial charge in [0.15, 0.2) is 12.2 Å². The Labute approximate surface area is 234 Å². The van der Waals surface area contributed by atoms with E-state index < -0.39 is 48.4 Å². The van der Waals surface area contributed by atoms with E-state index in [0.717, 1.165) is 12.0 Å². The van der Waals surface area contributed by atoms with Crippen LogP contribution in [0, 0.1) is 0 Å². The second kappa shape index (κ2) is 14.4. The second-order valence-electron chi connectivity index (χ2n) is 9.54. The molecule has 4 rings (SSSR count). The molecule has 0 bridgehead atoms. The molecule has 1 saturated heterocycles. The molecule has 0 N–H and O–H groups in total. The van der Waals surface area contributed by atoms with Crippen molar-refractivity contribution >= 4 is 17.9 Å². The third-order valence-corrected chi connectivity index (χ3v) is 6.54. The molecule has 3 aromatic rings. The maximum Gasteiger partial charge on any atom is 0.338 e. The van der Waals surface area contributed by atoms with E-state index in [0.29, 0.717) is 17.5 Å². The van der Waals surface area contributed by atoms with E-state index in [1.165, 1.54) is 6.92 Å². The molecule has 0 aromatic heterocycles. The second-order valence-corrected chi connectivity index (χ2v) is 9.54. The van der Waals surface area contributed by atoms with E-state index >= 15 is 0 Å². The Morgan fingerprint density at radius 1 is 0.700 bits per heavy atom. The highest BCUT2D eigenvalue weighted by atomic mass is 16.6. The summed E-state index contributed by atoms with van der Waals surface area (Å²) in [5.41, 5.74) is 1.60. The molecule has 5 atom stereocenters. The van der Waals surface area contributed by atoms with Crippen LogP contribution in [0.1, 0.15) is 53.0 Å². The molecular formula is C32H34O8. The fraction of sp³-hybridized carbons (Fsp3) is 0.344. The van der Waals surface area contributed by atoms with Gasteiger partial charge in [0.2, 0.25) is 0 Å². The lowest BCUT2D eigenvalue weighted by Crippen LogP contribution is -2.62. The fourth-order valence-corrected chi connectivity index (χ4v) is 4.61. The van der Waals surface area contributed by atoms with Crippen LogP contribution in [0.25, 0.3) is 0 Å². The Morgan fingerprint density at radius 2 is 1.20 bits per heavy atom. The van der Waals surface area contributed by atoms with Crippen LogP contribution >= 0.6 is 0 Å². The van der Waals surface area contributed by atoms with Crippen molar-refractivity contribution in [3.8, 4) is 0 Å². The lowest BCUT2D eigenvalue weighted by atomic mass is 9.92. The highest BCUT2D eigenvalue weighted by Crippen LogP contribution is 2.32. The van der Waals surface area contributed by atoms with Crippen LogP contribution in [0.4, 0.5) is 0 Å². The minimum atomic E-state index is -1.04. The van der Waals surface area contributed by atoms with Gasteiger partial charge >= 0.3 is 17.9 Å². The van der Waals surface area contributed by atoms with Crippen LogP contribution in [0.3, 0.4) is 0 Å². The lowest BCUT2D eigenvalue weighted by Gasteiger charge is -2.45. The zero-order chi connectivity index (χ0) is 28.3. The number of carbonyl (C=O) groups is 3. The Morgan fingerprint density at radius 3 is 1.70 bits per heavy atom. The van der Waals surface area contributed by atoms with Gasteiger partial charge in [-0.25, -0.2) is 9.59 Å². The van der Waals surface area contributed by atoms with Crippen LogP contribution in [-0.4, -0.2) is 55.0 Å². The van der Waals surface area contributed by atoms with Crippen molar-refractivity contribution in [3.05, 3.63) is 108 Å². The van der Waals surface area contributed by atoms with Gasteiger partial charge in [-0.1, -0.05) is 80.1 Å². The van der Waals surface area contributed by atoms with Crippen molar-refractivity contribution in [2.75, 3.05) is 6.61 Å². The first-order valence-corrected chi connectivity index (χ1v) is 13.4. The normalized spacial score (nSPS) is 22.2. The minimum Gasteiger partial charge on any atom is -0.463 e. The standard InChI is InChI=1S/C32H34O8/c1-3-13-26-28(39-31(34)24-16-9-5-10-17-24)30(37-20-23-14-7-4-8-15-23)29(27(38-26)21-36-22(2)33)40-32(35)25-18-11-6-12-19-25/h4-12,14-19,26-30H,3,13,20-21H2,1-2H3/t26-,27-,28-,29+,30+/m0/s1. The summed E-state index contributed by atoms with van der Waals surface area (Å²) in [6.45, 7) is 3.29. The molecule has 0 spiro atoms. The molecule has 0 aliphatic carbocycles. The highest BCUT2D eigenvalue weighted by molar-refractivity contribution is 5.90. The van der Waals surface area contributed by atoms with Gasteiger partial charge in [0.1, 0.15) is 18.8 Å². The summed E-state index contributed by atoms with van der Waals surface area (Å²) in [6, 6.07) is 26.7. The van der Waals surface area contributed by atoms with Gasteiger partial charge in [0.25, 0.3) is 0 Å². The molecule has 0 amide bonds. The predicted molar refractivity (Wildman–Crippen MR) is 147 cm³/mol. The molecule has 1 fully saturated rings. The van der Waals surface area contributed by atoms with Gasteiger partial charge in [-0.05, 0) is 36.2 Å². The zero-order valence-electron chi connectivity index (χ0n) is 22.6. The van der Waals surface area contributed by atoms with Crippen molar-refractivity contribution < 1.29 is 38.1 Å². The smallest absolute Gasteiger partial charge is 0.338 e. The zero-order valence-corrected chi connectivity index (χ0v) is 22.6. The van der Waals surface area contributed by atoms with Gasteiger partial charge in [0, 0.05) is 6.92 Å². The van der Waals surface area contributed by atoms with Crippen LogP contribution in [0.2, 0.25) is 0 Å². The number of hydrogen-bond donors (Lipinski definition) is 0. The summed E-state index contributed by atoms with van der Waals surface area (Å²) in [7, 11) is 0. The molecule has 0 unspecified atom stereocenters. The SMILES string of the molecule is CCC[C@@H]1O[C@@H](COC(C)=O)[C@@H](OC(=O)c2ccccc2)[C@H](OCc2ccccc2)[C@H]1OC(=O)c1ccccc1. The number of ether oxygens (including phenoxy) is 5. The molecule has 1 heterocycles. The van der Waals surface area contributed by atoms with Crippen molar-refractivity contribution in [3.63, 3.8) is 0 Å². The number of esters is 3. The predicted octanol–water partition coefficient (Wildman–Crippen LogP) is 5.15. The van der Waals surface area contributed by atoms with Crippen LogP contribution in [-0.2, 0) is 35.1 Å². The topological polar surface area (TPSA) is 97.4 Å². The molecule has 1 aliphatic heterocycles. The Hall–Kier alpha value is -4.01.